The zero-order chi connectivity index (χ0) is 17.6. The van der Waals surface area contributed by atoms with Gasteiger partial charge >= 0.3 is 0 Å². The fourth-order valence-electron chi connectivity index (χ4n) is 2.21. The van der Waals surface area contributed by atoms with Crippen molar-refractivity contribution in [1.29, 1.82) is 0 Å². The molecule has 0 atom stereocenters. The van der Waals surface area contributed by atoms with Crippen molar-refractivity contribution >= 4 is 34.0 Å². The van der Waals surface area contributed by atoms with E-state index in [0.717, 1.165) is 17.7 Å². The molecule has 4 nitrogen and oxygen atoms in total. The molecule has 0 aliphatic heterocycles. The molecule has 6 heteroatoms. The predicted molar refractivity (Wildman–Crippen MR) is 103 cm³/mol. The minimum atomic E-state index is -0.239. The summed E-state index contributed by atoms with van der Waals surface area (Å²) in [5, 5.41) is 5.86. The molecule has 3 rings (SSSR count). The molecule has 0 aliphatic carbocycles. The molecular weight excluding hydrogens is 356 g/mol. The number of aryl methyl sites for hydroxylation is 1. The number of amides is 1. The van der Waals surface area contributed by atoms with Gasteiger partial charge in [0, 0.05) is 16.0 Å². The van der Waals surface area contributed by atoms with Gasteiger partial charge in [0.15, 0.2) is 11.7 Å². The van der Waals surface area contributed by atoms with Crippen LogP contribution in [0.3, 0.4) is 0 Å². The Bertz CT molecular complexity index is 845. The maximum absolute atomic E-state index is 12.0. The number of hydrogen-bond acceptors (Lipinski definition) is 4. The number of carbonyl (C=O) groups is 1. The zero-order valence-electron chi connectivity index (χ0n) is 13.7. The van der Waals surface area contributed by atoms with Crippen LogP contribution >= 0.6 is 22.9 Å². The molecule has 0 spiro atoms. The van der Waals surface area contributed by atoms with Gasteiger partial charge in [0.25, 0.3) is 5.91 Å². The smallest absolute Gasteiger partial charge is 0.264 e. The number of benzene rings is 2. The summed E-state index contributed by atoms with van der Waals surface area (Å²) in [5.74, 6) is 0.435. The highest BCUT2D eigenvalue weighted by Crippen LogP contribution is 2.26. The highest BCUT2D eigenvalue weighted by Gasteiger charge is 2.09. The molecule has 0 fully saturated rings. The summed E-state index contributed by atoms with van der Waals surface area (Å²) in [4.78, 5) is 16.4. The van der Waals surface area contributed by atoms with Crippen LogP contribution in [0.2, 0.25) is 5.02 Å². The molecule has 0 saturated heterocycles. The van der Waals surface area contributed by atoms with E-state index in [-0.39, 0.29) is 12.5 Å². The third-order valence-corrected chi connectivity index (χ3v) is 4.60. The van der Waals surface area contributed by atoms with Crippen molar-refractivity contribution in [1.82, 2.24) is 4.98 Å². The maximum atomic E-state index is 12.0. The highest BCUT2D eigenvalue weighted by molar-refractivity contribution is 7.14. The van der Waals surface area contributed by atoms with Gasteiger partial charge in [-0.05, 0) is 36.2 Å². The highest BCUT2D eigenvalue weighted by atomic mass is 35.5. The quantitative estimate of drug-likeness (QED) is 0.659. The monoisotopic (exact) mass is 372 g/mol. The van der Waals surface area contributed by atoms with Crippen LogP contribution in [0.15, 0.2) is 53.9 Å². The molecule has 0 saturated carbocycles. The number of nitrogens with one attached hydrogen (secondary N) is 1. The summed E-state index contributed by atoms with van der Waals surface area (Å²) in [6.45, 7) is 2.04. The number of rotatable bonds is 6. The molecule has 25 heavy (non-hydrogen) atoms. The molecule has 0 bridgehead atoms. The first kappa shape index (κ1) is 17.5. The van der Waals surface area contributed by atoms with Crippen molar-refractivity contribution in [2.45, 2.75) is 13.3 Å². The van der Waals surface area contributed by atoms with Gasteiger partial charge in [0.1, 0.15) is 5.75 Å². The lowest BCUT2D eigenvalue weighted by molar-refractivity contribution is -0.118. The first-order valence-corrected chi connectivity index (χ1v) is 9.13. The number of halogens is 1. The van der Waals surface area contributed by atoms with Crippen molar-refractivity contribution in [3.8, 4) is 17.0 Å². The molecule has 3 aromatic rings. The number of thiazole rings is 1. The first-order valence-electron chi connectivity index (χ1n) is 7.87. The normalized spacial score (nSPS) is 10.5. The van der Waals surface area contributed by atoms with Crippen molar-refractivity contribution in [2.24, 2.45) is 0 Å². The lowest BCUT2D eigenvalue weighted by Gasteiger charge is -2.06. The Morgan fingerprint density at radius 1 is 1.16 bits per heavy atom. The Labute approximate surface area is 155 Å². The van der Waals surface area contributed by atoms with Gasteiger partial charge in [0.2, 0.25) is 0 Å². The van der Waals surface area contributed by atoms with Crippen molar-refractivity contribution in [3.63, 3.8) is 0 Å². The van der Waals surface area contributed by atoms with E-state index >= 15 is 0 Å². The van der Waals surface area contributed by atoms with Crippen LogP contribution in [-0.2, 0) is 11.2 Å². The zero-order valence-corrected chi connectivity index (χ0v) is 15.2. The molecular formula is C19H17ClN2O2S. The fourth-order valence-corrected chi connectivity index (χ4v) is 3.07. The third-order valence-electron chi connectivity index (χ3n) is 3.59. The summed E-state index contributed by atoms with van der Waals surface area (Å²) in [6, 6.07) is 15.1. The van der Waals surface area contributed by atoms with Crippen LogP contribution in [0.25, 0.3) is 11.3 Å². The average Bonchev–Trinajstić information content (AvgIpc) is 3.09. The van der Waals surface area contributed by atoms with Crippen LogP contribution in [0.5, 0.6) is 5.75 Å². The molecule has 2 aromatic carbocycles. The molecule has 1 N–H and O–H groups in total. The van der Waals surface area contributed by atoms with E-state index in [1.54, 1.807) is 0 Å². The number of aromatic nitrogens is 1. The van der Waals surface area contributed by atoms with Crippen molar-refractivity contribution in [2.75, 3.05) is 11.9 Å². The van der Waals surface area contributed by atoms with Gasteiger partial charge in [0.05, 0.1) is 5.69 Å². The van der Waals surface area contributed by atoms with Gasteiger partial charge in [-0.1, -0.05) is 42.8 Å². The largest absolute Gasteiger partial charge is 0.484 e. The summed E-state index contributed by atoms with van der Waals surface area (Å²) < 4.78 is 5.49. The van der Waals surface area contributed by atoms with Crippen LogP contribution in [0.1, 0.15) is 12.5 Å². The second-order valence-corrected chi connectivity index (χ2v) is 6.67. The second kappa shape index (κ2) is 8.14. The number of carbonyl (C=O) groups excluding carboxylic acids is 1. The van der Waals surface area contributed by atoms with Gasteiger partial charge < -0.3 is 4.74 Å². The van der Waals surface area contributed by atoms with Crippen LogP contribution in [-0.4, -0.2) is 17.5 Å². The number of anilines is 1. The van der Waals surface area contributed by atoms with Crippen LogP contribution in [0.4, 0.5) is 5.13 Å². The van der Waals surface area contributed by atoms with Gasteiger partial charge in [-0.15, -0.1) is 11.3 Å². The molecule has 1 heterocycles. The van der Waals surface area contributed by atoms with Crippen LogP contribution in [0, 0.1) is 0 Å². The summed E-state index contributed by atoms with van der Waals surface area (Å²) in [5.41, 5.74) is 2.98. The minimum absolute atomic E-state index is 0.0542. The van der Waals surface area contributed by atoms with E-state index in [1.807, 2.05) is 53.9 Å². The Balaban J connectivity index is 1.55. The van der Waals surface area contributed by atoms with Crippen molar-refractivity contribution < 1.29 is 9.53 Å². The van der Waals surface area contributed by atoms with E-state index in [1.165, 1.54) is 16.9 Å². The molecule has 0 unspecified atom stereocenters. The van der Waals surface area contributed by atoms with E-state index in [0.29, 0.717) is 15.9 Å². The molecule has 0 aliphatic rings. The van der Waals surface area contributed by atoms with Gasteiger partial charge in [-0.3, -0.25) is 10.1 Å². The van der Waals surface area contributed by atoms with E-state index in [9.17, 15) is 4.79 Å². The lowest BCUT2D eigenvalue weighted by atomic mass is 10.2. The van der Waals surface area contributed by atoms with Crippen LogP contribution < -0.4 is 10.1 Å². The van der Waals surface area contributed by atoms with E-state index in [4.69, 9.17) is 16.3 Å². The standard InChI is InChI=1S/C19H17ClN2O2S/c1-2-13-3-9-16(10-4-13)24-11-18(23)22-19-21-17(12-25-19)14-5-7-15(20)8-6-14/h3-10,12H,2,11H2,1H3,(H,21,22,23). The SMILES string of the molecule is CCc1ccc(OCC(=O)Nc2nc(-c3ccc(Cl)cc3)cs2)cc1. The summed E-state index contributed by atoms with van der Waals surface area (Å²) >= 11 is 7.26. The third kappa shape index (κ3) is 4.81. The maximum Gasteiger partial charge on any atom is 0.264 e. The Morgan fingerprint density at radius 2 is 1.88 bits per heavy atom. The second-order valence-electron chi connectivity index (χ2n) is 5.38. The summed E-state index contributed by atoms with van der Waals surface area (Å²) in [7, 11) is 0. The first-order chi connectivity index (χ1) is 12.1. The molecule has 128 valence electrons. The number of hydrogen-bond donors (Lipinski definition) is 1. The predicted octanol–water partition coefficient (Wildman–Crippen LogP) is 5.04. The number of ether oxygens (including phenoxy) is 1. The Hall–Kier alpha value is -2.37. The molecule has 1 amide bonds. The minimum Gasteiger partial charge on any atom is -0.484 e. The van der Waals surface area contributed by atoms with E-state index < -0.39 is 0 Å². The number of nitrogens with zero attached hydrogens (tertiary/aromatic N) is 1. The Kier molecular flexibility index (Phi) is 5.68. The average molecular weight is 373 g/mol. The van der Waals surface area contributed by atoms with Gasteiger partial charge in [-0.25, -0.2) is 4.98 Å². The topological polar surface area (TPSA) is 51.2 Å². The molecule has 1 aromatic heterocycles. The van der Waals surface area contributed by atoms with Gasteiger partial charge in [-0.2, -0.15) is 0 Å². The summed E-state index contributed by atoms with van der Waals surface area (Å²) in [6.07, 6.45) is 0.973. The molecule has 0 radical (unpaired) electrons. The fraction of sp³-hybridized carbons (Fsp3) is 0.158. The lowest BCUT2D eigenvalue weighted by Crippen LogP contribution is -2.20. The van der Waals surface area contributed by atoms with Crippen molar-refractivity contribution in [3.05, 3.63) is 64.5 Å². The van der Waals surface area contributed by atoms with E-state index in [2.05, 4.69) is 17.2 Å². The Morgan fingerprint density at radius 3 is 2.56 bits per heavy atom.